The largest absolute Gasteiger partial charge is 0.486 e. The number of para-hydroxylation sites is 2. The zero-order valence-corrected chi connectivity index (χ0v) is 15.2. The molecule has 1 aliphatic rings. The zero-order valence-electron chi connectivity index (χ0n) is 14.4. The number of carbonyl (C=O) groups excluding carboxylic acids is 1. The summed E-state index contributed by atoms with van der Waals surface area (Å²) in [6.45, 7) is 4.20. The molecule has 0 saturated heterocycles. The lowest BCUT2D eigenvalue weighted by atomic mass is 10.1. The minimum Gasteiger partial charge on any atom is -0.486 e. The standard InChI is InChI=1S/C17H24N2O5.ClH/c1-3-6-13(17(21)22)19-11(2)16(20)18-9-12-10-23-14-7-4-5-8-15(14)24-12;/h4-5,7-8,11-13,19H,3,6,9-10H2,1-2H3,(H,18,20)(H,21,22);1H. The molecule has 0 bridgehead atoms. The molecule has 1 aromatic carbocycles. The number of nitrogens with one attached hydrogen (secondary N) is 2. The number of halogens is 1. The van der Waals surface area contributed by atoms with Crippen LogP contribution in [0.5, 0.6) is 11.5 Å². The van der Waals surface area contributed by atoms with Gasteiger partial charge in [0.25, 0.3) is 0 Å². The van der Waals surface area contributed by atoms with E-state index in [4.69, 9.17) is 14.6 Å². The Bertz CT molecular complexity index is 584. The number of ether oxygens (including phenoxy) is 2. The molecule has 7 nitrogen and oxygen atoms in total. The summed E-state index contributed by atoms with van der Waals surface area (Å²) in [5, 5.41) is 14.7. The Balaban J connectivity index is 0.00000312. The van der Waals surface area contributed by atoms with Crippen molar-refractivity contribution in [3.63, 3.8) is 0 Å². The second-order valence-corrected chi connectivity index (χ2v) is 5.81. The van der Waals surface area contributed by atoms with Gasteiger partial charge in [-0.2, -0.15) is 0 Å². The molecule has 3 unspecified atom stereocenters. The van der Waals surface area contributed by atoms with Crippen molar-refractivity contribution >= 4 is 24.3 Å². The Morgan fingerprint density at radius 1 is 1.32 bits per heavy atom. The van der Waals surface area contributed by atoms with Crippen molar-refractivity contribution in [3.8, 4) is 11.5 Å². The highest BCUT2D eigenvalue weighted by molar-refractivity contribution is 5.85. The van der Waals surface area contributed by atoms with Gasteiger partial charge in [0.2, 0.25) is 5.91 Å². The van der Waals surface area contributed by atoms with Gasteiger partial charge in [-0.1, -0.05) is 25.5 Å². The molecular formula is C17H25ClN2O5. The SMILES string of the molecule is CCCC(NC(C)C(=O)NCC1COc2ccccc2O1)C(=O)O.Cl. The van der Waals surface area contributed by atoms with Crippen LogP contribution in [0.2, 0.25) is 0 Å². The van der Waals surface area contributed by atoms with E-state index in [2.05, 4.69) is 10.6 Å². The van der Waals surface area contributed by atoms with E-state index in [0.29, 0.717) is 31.1 Å². The molecule has 0 saturated carbocycles. The number of fused-ring (bicyclic) bond motifs is 1. The summed E-state index contributed by atoms with van der Waals surface area (Å²) in [6, 6.07) is 6.04. The van der Waals surface area contributed by atoms with Crippen LogP contribution in [0, 0.1) is 0 Å². The number of rotatable bonds is 8. The van der Waals surface area contributed by atoms with E-state index < -0.39 is 18.1 Å². The van der Waals surface area contributed by atoms with Crippen molar-refractivity contribution in [1.82, 2.24) is 10.6 Å². The second-order valence-electron chi connectivity index (χ2n) is 5.81. The van der Waals surface area contributed by atoms with E-state index in [1.807, 2.05) is 31.2 Å². The van der Waals surface area contributed by atoms with E-state index >= 15 is 0 Å². The normalized spacial score (nSPS) is 17.8. The minimum absolute atomic E-state index is 0. The number of hydrogen-bond acceptors (Lipinski definition) is 5. The molecule has 1 heterocycles. The summed E-state index contributed by atoms with van der Waals surface area (Å²) < 4.78 is 11.4. The topological polar surface area (TPSA) is 96.9 Å². The highest BCUT2D eigenvalue weighted by Gasteiger charge is 2.24. The van der Waals surface area contributed by atoms with Crippen molar-refractivity contribution in [2.24, 2.45) is 0 Å². The molecule has 25 heavy (non-hydrogen) atoms. The van der Waals surface area contributed by atoms with E-state index in [1.54, 1.807) is 6.92 Å². The first kappa shape index (κ1) is 21.1. The van der Waals surface area contributed by atoms with Crippen molar-refractivity contribution in [2.75, 3.05) is 13.2 Å². The van der Waals surface area contributed by atoms with Gasteiger partial charge in [-0.3, -0.25) is 14.9 Å². The maximum atomic E-state index is 12.1. The lowest BCUT2D eigenvalue weighted by Gasteiger charge is -2.27. The monoisotopic (exact) mass is 372 g/mol. The summed E-state index contributed by atoms with van der Waals surface area (Å²) in [7, 11) is 0. The molecule has 0 radical (unpaired) electrons. The number of carboxylic acids is 1. The van der Waals surface area contributed by atoms with Crippen molar-refractivity contribution in [2.45, 2.75) is 44.9 Å². The molecule has 0 fully saturated rings. The van der Waals surface area contributed by atoms with Crippen molar-refractivity contribution < 1.29 is 24.2 Å². The number of carboxylic acid groups (broad SMARTS) is 1. The number of hydrogen-bond donors (Lipinski definition) is 3. The Labute approximate surface area is 153 Å². The number of amides is 1. The quantitative estimate of drug-likeness (QED) is 0.641. The van der Waals surface area contributed by atoms with Gasteiger partial charge in [0.05, 0.1) is 12.6 Å². The summed E-state index contributed by atoms with van der Waals surface area (Å²) >= 11 is 0. The number of benzene rings is 1. The lowest BCUT2D eigenvalue weighted by Crippen LogP contribution is -2.51. The summed E-state index contributed by atoms with van der Waals surface area (Å²) in [6.07, 6.45) is 0.927. The Morgan fingerprint density at radius 3 is 2.64 bits per heavy atom. The van der Waals surface area contributed by atoms with E-state index in [1.165, 1.54) is 0 Å². The van der Waals surface area contributed by atoms with Gasteiger partial charge < -0.3 is 19.9 Å². The molecular weight excluding hydrogens is 348 g/mol. The van der Waals surface area contributed by atoms with Crippen LogP contribution in [0.15, 0.2) is 24.3 Å². The molecule has 3 atom stereocenters. The predicted molar refractivity (Wildman–Crippen MR) is 95.5 cm³/mol. The molecule has 0 aliphatic carbocycles. The molecule has 0 aromatic heterocycles. The van der Waals surface area contributed by atoms with E-state index in [0.717, 1.165) is 6.42 Å². The molecule has 0 spiro atoms. The minimum atomic E-state index is -0.947. The third-order valence-corrected chi connectivity index (χ3v) is 3.79. The second kappa shape index (κ2) is 10.1. The molecule has 8 heteroatoms. The van der Waals surface area contributed by atoms with Crippen LogP contribution >= 0.6 is 12.4 Å². The van der Waals surface area contributed by atoms with Crippen LogP contribution in [0.1, 0.15) is 26.7 Å². The van der Waals surface area contributed by atoms with Crippen LogP contribution in [-0.2, 0) is 9.59 Å². The smallest absolute Gasteiger partial charge is 0.320 e. The van der Waals surface area contributed by atoms with Gasteiger partial charge in [-0.25, -0.2) is 0 Å². The lowest BCUT2D eigenvalue weighted by molar-refractivity contribution is -0.140. The fourth-order valence-electron chi connectivity index (χ4n) is 2.48. The Hall–Kier alpha value is -1.99. The molecule has 140 valence electrons. The highest BCUT2D eigenvalue weighted by Crippen LogP contribution is 2.30. The summed E-state index contributed by atoms with van der Waals surface area (Å²) in [5.41, 5.74) is 0. The molecule has 3 N–H and O–H groups in total. The molecule has 1 amide bonds. The van der Waals surface area contributed by atoms with Crippen LogP contribution in [0.3, 0.4) is 0 Å². The van der Waals surface area contributed by atoms with Crippen LogP contribution < -0.4 is 20.1 Å². The first-order valence-corrected chi connectivity index (χ1v) is 8.16. The first-order valence-electron chi connectivity index (χ1n) is 8.16. The predicted octanol–water partition coefficient (Wildman–Crippen LogP) is 1.60. The third kappa shape index (κ3) is 6.10. The Morgan fingerprint density at radius 2 is 2.00 bits per heavy atom. The first-order chi connectivity index (χ1) is 11.5. The number of carbonyl (C=O) groups is 2. The zero-order chi connectivity index (χ0) is 17.5. The molecule has 1 aliphatic heterocycles. The average Bonchev–Trinajstić information content (AvgIpc) is 2.58. The number of aliphatic carboxylic acids is 1. The maximum Gasteiger partial charge on any atom is 0.320 e. The third-order valence-electron chi connectivity index (χ3n) is 3.79. The van der Waals surface area contributed by atoms with Gasteiger partial charge in [-0.05, 0) is 25.5 Å². The fraction of sp³-hybridized carbons (Fsp3) is 0.529. The van der Waals surface area contributed by atoms with Gasteiger partial charge in [0, 0.05) is 0 Å². The van der Waals surface area contributed by atoms with Crippen molar-refractivity contribution in [1.29, 1.82) is 0 Å². The van der Waals surface area contributed by atoms with Gasteiger partial charge >= 0.3 is 5.97 Å². The maximum absolute atomic E-state index is 12.1. The molecule has 2 rings (SSSR count). The average molecular weight is 373 g/mol. The highest BCUT2D eigenvalue weighted by atomic mass is 35.5. The van der Waals surface area contributed by atoms with Crippen molar-refractivity contribution in [3.05, 3.63) is 24.3 Å². The Kier molecular flexibility index (Phi) is 8.51. The van der Waals surface area contributed by atoms with Gasteiger partial charge in [0.1, 0.15) is 18.8 Å². The summed E-state index contributed by atoms with van der Waals surface area (Å²) in [4.78, 5) is 23.3. The van der Waals surface area contributed by atoms with Crippen LogP contribution in [0.4, 0.5) is 0 Å². The molecule has 1 aromatic rings. The van der Waals surface area contributed by atoms with E-state index in [-0.39, 0.29) is 24.4 Å². The van der Waals surface area contributed by atoms with Crippen LogP contribution in [-0.4, -0.2) is 48.3 Å². The van der Waals surface area contributed by atoms with Crippen LogP contribution in [0.25, 0.3) is 0 Å². The van der Waals surface area contributed by atoms with Gasteiger partial charge in [-0.15, -0.1) is 12.4 Å². The fourth-order valence-corrected chi connectivity index (χ4v) is 2.48. The van der Waals surface area contributed by atoms with Gasteiger partial charge in [0.15, 0.2) is 11.5 Å². The summed E-state index contributed by atoms with van der Waals surface area (Å²) in [5.74, 6) is 0.138. The van der Waals surface area contributed by atoms with E-state index in [9.17, 15) is 9.59 Å².